The van der Waals surface area contributed by atoms with Gasteiger partial charge >= 0.3 is 0 Å². The van der Waals surface area contributed by atoms with Crippen molar-refractivity contribution in [1.82, 2.24) is 15.3 Å². The highest BCUT2D eigenvalue weighted by Gasteiger charge is 2.21. The Kier molecular flexibility index (Phi) is 5.81. The summed E-state index contributed by atoms with van der Waals surface area (Å²) >= 11 is 12.5. The van der Waals surface area contributed by atoms with E-state index in [1.165, 1.54) is 0 Å². The molecule has 0 aliphatic carbocycles. The number of nitrogens with zero attached hydrogens (tertiary/aromatic N) is 3. The Balaban J connectivity index is 1.79. The number of anilines is 1. The molecule has 3 aromatic rings. The molecule has 0 unspecified atom stereocenters. The zero-order valence-corrected chi connectivity index (χ0v) is 17.3. The van der Waals surface area contributed by atoms with Gasteiger partial charge in [0.2, 0.25) is 0 Å². The summed E-state index contributed by atoms with van der Waals surface area (Å²) in [5, 5.41) is 4.72. The van der Waals surface area contributed by atoms with Gasteiger partial charge in [-0.05, 0) is 24.6 Å². The van der Waals surface area contributed by atoms with E-state index in [0.29, 0.717) is 16.5 Å². The fourth-order valence-electron chi connectivity index (χ4n) is 3.50. The molecule has 144 valence electrons. The van der Waals surface area contributed by atoms with Gasteiger partial charge in [0.15, 0.2) is 5.82 Å². The van der Waals surface area contributed by atoms with Crippen LogP contribution in [-0.2, 0) is 6.42 Å². The zero-order valence-electron chi connectivity index (χ0n) is 15.8. The molecule has 1 saturated heterocycles. The lowest BCUT2D eigenvalue weighted by Crippen LogP contribution is -2.44. The number of piperazine rings is 1. The molecular weight excluding hydrogens is 391 g/mol. The van der Waals surface area contributed by atoms with Gasteiger partial charge in [-0.3, -0.25) is 0 Å². The van der Waals surface area contributed by atoms with E-state index in [4.69, 9.17) is 33.2 Å². The van der Waals surface area contributed by atoms with Crippen LogP contribution in [0.5, 0.6) is 0 Å². The normalized spacial score (nSPS) is 14.3. The smallest absolute Gasteiger partial charge is 0.161 e. The van der Waals surface area contributed by atoms with Crippen molar-refractivity contribution in [2.75, 3.05) is 31.1 Å². The molecule has 0 amide bonds. The maximum absolute atomic E-state index is 6.45. The Labute approximate surface area is 175 Å². The summed E-state index contributed by atoms with van der Waals surface area (Å²) in [6, 6.07) is 15.8. The van der Waals surface area contributed by atoms with Gasteiger partial charge in [-0.2, -0.15) is 0 Å². The van der Waals surface area contributed by atoms with Crippen molar-refractivity contribution in [3.8, 4) is 11.4 Å². The van der Waals surface area contributed by atoms with E-state index in [9.17, 15) is 0 Å². The van der Waals surface area contributed by atoms with Crippen LogP contribution >= 0.6 is 23.2 Å². The highest BCUT2D eigenvalue weighted by molar-refractivity contribution is 6.35. The quantitative estimate of drug-likeness (QED) is 0.670. The lowest BCUT2D eigenvalue weighted by Gasteiger charge is -2.31. The number of benzene rings is 2. The standard InChI is InChI=1S/C22H22Cl2N4/c1-15-19(13-17-7-8-18(23)14-20(17)24)22(28-11-9-25-10-12-28)27-21(26-15)16-5-3-2-4-6-16/h2-8,14,25H,9-13H2,1H3. The van der Waals surface area contributed by atoms with Gasteiger partial charge in [0.05, 0.1) is 0 Å². The summed E-state index contributed by atoms with van der Waals surface area (Å²) in [6.45, 7) is 5.80. The second kappa shape index (κ2) is 8.48. The van der Waals surface area contributed by atoms with E-state index in [1.54, 1.807) is 6.07 Å². The maximum atomic E-state index is 6.45. The highest BCUT2D eigenvalue weighted by Crippen LogP contribution is 2.30. The predicted molar refractivity (Wildman–Crippen MR) is 117 cm³/mol. The molecule has 0 spiro atoms. The number of aromatic nitrogens is 2. The van der Waals surface area contributed by atoms with E-state index in [1.807, 2.05) is 42.5 Å². The van der Waals surface area contributed by atoms with Gasteiger partial charge < -0.3 is 10.2 Å². The predicted octanol–water partition coefficient (Wildman–Crippen LogP) is 4.76. The molecule has 1 aliphatic heterocycles. The topological polar surface area (TPSA) is 41.1 Å². The monoisotopic (exact) mass is 412 g/mol. The van der Waals surface area contributed by atoms with E-state index in [2.05, 4.69) is 17.1 Å². The average Bonchev–Trinajstić information content (AvgIpc) is 2.72. The van der Waals surface area contributed by atoms with Crippen molar-refractivity contribution in [2.45, 2.75) is 13.3 Å². The van der Waals surface area contributed by atoms with Crippen molar-refractivity contribution >= 4 is 29.0 Å². The van der Waals surface area contributed by atoms with Crippen molar-refractivity contribution in [3.63, 3.8) is 0 Å². The third kappa shape index (κ3) is 4.14. The van der Waals surface area contributed by atoms with E-state index >= 15 is 0 Å². The molecule has 0 radical (unpaired) electrons. The molecule has 0 atom stereocenters. The van der Waals surface area contributed by atoms with E-state index in [0.717, 1.165) is 60.2 Å². The van der Waals surface area contributed by atoms with Gasteiger partial charge in [-0.25, -0.2) is 9.97 Å². The Bertz CT molecular complexity index is 970. The Hall–Kier alpha value is -2.14. The number of rotatable bonds is 4. The molecule has 1 aromatic heterocycles. The first-order valence-electron chi connectivity index (χ1n) is 9.44. The third-order valence-corrected chi connectivity index (χ3v) is 5.61. The number of hydrogen-bond donors (Lipinski definition) is 1. The Morgan fingerprint density at radius 1 is 1.00 bits per heavy atom. The molecular formula is C22H22Cl2N4. The van der Waals surface area contributed by atoms with Crippen LogP contribution in [-0.4, -0.2) is 36.1 Å². The van der Waals surface area contributed by atoms with E-state index in [-0.39, 0.29) is 0 Å². The largest absolute Gasteiger partial charge is 0.354 e. The summed E-state index contributed by atoms with van der Waals surface area (Å²) in [7, 11) is 0. The van der Waals surface area contributed by atoms with Crippen LogP contribution in [0.25, 0.3) is 11.4 Å². The number of hydrogen-bond acceptors (Lipinski definition) is 4. The molecule has 4 nitrogen and oxygen atoms in total. The summed E-state index contributed by atoms with van der Waals surface area (Å²) in [6.07, 6.45) is 0.677. The van der Waals surface area contributed by atoms with Gasteiger partial charge in [-0.1, -0.05) is 59.6 Å². The van der Waals surface area contributed by atoms with Crippen LogP contribution in [0.4, 0.5) is 5.82 Å². The Morgan fingerprint density at radius 3 is 2.46 bits per heavy atom. The molecule has 2 heterocycles. The first-order chi connectivity index (χ1) is 13.6. The Morgan fingerprint density at radius 2 is 1.75 bits per heavy atom. The second-order valence-corrected chi connectivity index (χ2v) is 7.79. The third-order valence-electron chi connectivity index (χ3n) is 5.02. The van der Waals surface area contributed by atoms with Crippen molar-refractivity contribution in [3.05, 3.63) is 75.4 Å². The summed E-state index contributed by atoms with van der Waals surface area (Å²) in [4.78, 5) is 12.2. The fraction of sp³-hybridized carbons (Fsp3) is 0.273. The van der Waals surface area contributed by atoms with Crippen LogP contribution in [0.3, 0.4) is 0 Å². The van der Waals surface area contributed by atoms with Gasteiger partial charge in [-0.15, -0.1) is 0 Å². The zero-order chi connectivity index (χ0) is 19.5. The first kappa shape index (κ1) is 19.2. The molecule has 6 heteroatoms. The molecule has 2 aromatic carbocycles. The van der Waals surface area contributed by atoms with Crippen LogP contribution in [0.1, 0.15) is 16.8 Å². The average molecular weight is 413 g/mol. The number of nitrogens with one attached hydrogen (secondary N) is 1. The molecule has 1 fully saturated rings. The van der Waals surface area contributed by atoms with E-state index < -0.39 is 0 Å². The van der Waals surface area contributed by atoms with Crippen LogP contribution < -0.4 is 10.2 Å². The highest BCUT2D eigenvalue weighted by atomic mass is 35.5. The minimum Gasteiger partial charge on any atom is -0.354 e. The molecule has 1 N–H and O–H groups in total. The molecule has 4 rings (SSSR count). The van der Waals surface area contributed by atoms with Crippen LogP contribution in [0, 0.1) is 6.92 Å². The summed E-state index contributed by atoms with van der Waals surface area (Å²) < 4.78 is 0. The van der Waals surface area contributed by atoms with Crippen molar-refractivity contribution < 1.29 is 0 Å². The van der Waals surface area contributed by atoms with Gasteiger partial charge in [0.1, 0.15) is 5.82 Å². The first-order valence-corrected chi connectivity index (χ1v) is 10.2. The summed E-state index contributed by atoms with van der Waals surface area (Å²) in [5.74, 6) is 1.76. The second-order valence-electron chi connectivity index (χ2n) is 6.95. The summed E-state index contributed by atoms with van der Waals surface area (Å²) in [5.41, 5.74) is 4.15. The SMILES string of the molecule is Cc1nc(-c2ccccc2)nc(N2CCNCC2)c1Cc1ccc(Cl)cc1Cl. The van der Waals surface area contributed by atoms with Gasteiger partial charge in [0, 0.05) is 59.5 Å². The minimum atomic E-state index is 0.642. The maximum Gasteiger partial charge on any atom is 0.161 e. The minimum absolute atomic E-state index is 0.642. The molecule has 0 saturated carbocycles. The number of aryl methyl sites for hydroxylation is 1. The van der Waals surface area contributed by atoms with Crippen molar-refractivity contribution in [2.24, 2.45) is 0 Å². The van der Waals surface area contributed by atoms with Gasteiger partial charge in [0.25, 0.3) is 0 Å². The molecule has 28 heavy (non-hydrogen) atoms. The lowest BCUT2D eigenvalue weighted by molar-refractivity contribution is 0.583. The van der Waals surface area contributed by atoms with Crippen molar-refractivity contribution in [1.29, 1.82) is 0 Å². The van der Waals surface area contributed by atoms with Crippen LogP contribution in [0.2, 0.25) is 10.0 Å². The fourth-order valence-corrected chi connectivity index (χ4v) is 3.97. The van der Waals surface area contributed by atoms with Crippen LogP contribution in [0.15, 0.2) is 48.5 Å². The molecule has 0 bridgehead atoms. The number of halogens is 2. The molecule has 1 aliphatic rings. The lowest BCUT2D eigenvalue weighted by atomic mass is 10.0.